The van der Waals surface area contributed by atoms with Crippen molar-refractivity contribution < 1.29 is 4.79 Å². The van der Waals surface area contributed by atoms with Gasteiger partial charge in [0.2, 0.25) is 5.91 Å². The van der Waals surface area contributed by atoms with Crippen molar-refractivity contribution in [1.29, 1.82) is 0 Å². The van der Waals surface area contributed by atoms with Gasteiger partial charge in [0, 0.05) is 33.2 Å². The van der Waals surface area contributed by atoms with Crippen LogP contribution in [0.2, 0.25) is 0 Å². The van der Waals surface area contributed by atoms with Crippen LogP contribution in [0.4, 0.5) is 0 Å². The van der Waals surface area contributed by atoms with E-state index in [1.807, 2.05) is 11.8 Å². The molecule has 0 bridgehead atoms. The molecule has 3 heterocycles. The first-order chi connectivity index (χ1) is 12.9. The molecule has 1 amide bonds. The molecule has 0 saturated carbocycles. The Labute approximate surface area is 162 Å². The maximum absolute atomic E-state index is 12.7. The van der Waals surface area contributed by atoms with Crippen LogP contribution in [0.3, 0.4) is 0 Å². The van der Waals surface area contributed by atoms with Gasteiger partial charge in [-0.15, -0.1) is 0 Å². The molecule has 1 aliphatic rings. The number of amides is 1. The van der Waals surface area contributed by atoms with Crippen LogP contribution in [-0.2, 0) is 25.4 Å². The number of thioether (sulfide) groups is 1. The molecule has 2 aromatic heterocycles. The predicted molar refractivity (Wildman–Crippen MR) is 106 cm³/mol. The Bertz CT molecular complexity index is 974. The monoisotopic (exact) mass is 393 g/mol. The van der Waals surface area contributed by atoms with E-state index < -0.39 is 5.69 Å². The summed E-state index contributed by atoms with van der Waals surface area (Å²) < 4.78 is 4.27. The van der Waals surface area contributed by atoms with Gasteiger partial charge in [0.15, 0.2) is 16.3 Å². The number of likely N-dealkylation sites (tertiary alicyclic amines) is 1. The molecule has 0 radical (unpaired) electrons. The quantitative estimate of drug-likeness (QED) is 0.716. The lowest BCUT2D eigenvalue weighted by molar-refractivity contribution is -0.132. The number of rotatable bonds is 5. The lowest BCUT2D eigenvalue weighted by Gasteiger charge is -2.35. The zero-order valence-corrected chi connectivity index (χ0v) is 17.2. The van der Waals surface area contributed by atoms with Crippen molar-refractivity contribution in [2.45, 2.75) is 57.3 Å². The molecule has 148 valence electrons. The summed E-state index contributed by atoms with van der Waals surface area (Å²) in [6.45, 7) is 5.41. The highest BCUT2D eigenvalue weighted by atomic mass is 32.2. The van der Waals surface area contributed by atoms with Gasteiger partial charge in [0.25, 0.3) is 5.56 Å². The number of aryl methyl sites for hydroxylation is 2. The first kappa shape index (κ1) is 19.7. The lowest BCUT2D eigenvalue weighted by Crippen LogP contribution is -2.44. The fourth-order valence-corrected chi connectivity index (χ4v) is 4.74. The number of hydrogen-bond donors (Lipinski definition) is 0. The number of carbonyl (C=O) groups is 1. The van der Waals surface area contributed by atoms with Gasteiger partial charge >= 0.3 is 5.69 Å². The molecule has 0 aromatic carbocycles. The molecule has 3 rings (SSSR count). The molecule has 8 nitrogen and oxygen atoms in total. The van der Waals surface area contributed by atoms with Crippen LogP contribution >= 0.6 is 11.8 Å². The van der Waals surface area contributed by atoms with Crippen molar-refractivity contribution >= 4 is 28.8 Å². The molecular weight excluding hydrogens is 366 g/mol. The number of piperidine rings is 1. The zero-order valence-electron chi connectivity index (χ0n) is 16.4. The molecule has 2 aromatic rings. The number of carbonyl (C=O) groups excluding carboxylic acids is 1. The molecule has 1 atom stereocenters. The Morgan fingerprint density at radius 3 is 2.59 bits per heavy atom. The minimum atomic E-state index is -0.403. The van der Waals surface area contributed by atoms with E-state index in [9.17, 15) is 14.4 Å². The third-order valence-corrected chi connectivity index (χ3v) is 6.33. The first-order valence-electron chi connectivity index (χ1n) is 9.49. The molecule has 0 spiro atoms. The normalized spacial score (nSPS) is 17.6. The van der Waals surface area contributed by atoms with Crippen molar-refractivity contribution in [3.05, 3.63) is 20.8 Å². The third-order valence-electron chi connectivity index (χ3n) is 5.37. The average Bonchev–Trinajstić information content (AvgIpc) is 3.07. The van der Waals surface area contributed by atoms with E-state index >= 15 is 0 Å². The number of aromatic nitrogens is 4. The fourth-order valence-electron chi connectivity index (χ4n) is 3.79. The van der Waals surface area contributed by atoms with Crippen molar-refractivity contribution in [2.24, 2.45) is 14.1 Å². The Morgan fingerprint density at radius 2 is 1.93 bits per heavy atom. The number of nitrogens with zero attached hydrogens (tertiary/aromatic N) is 5. The minimum Gasteiger partial charge on any atom is -0.339 e. The highest BCUT2D eigenvalue weighted by Gasteiger charge is 2.26. The van der Waals surface area contributed by atoms with Gasteiger partial charge < -0.3 is 9.47 Å². The van der Waals surface area contributed by atoms with Gasteiger partial charge in [-0.1, -0.05) is 18.7 Å². The molecule has 0 aliphatic carbocycles. The second-order valence-corrected chi connectivity index (χ2v) is 7.89. The van der Waals surface area contributed by atoms with E-state index in [1.54, 1.807) is 11.6 Å². The maximum atomic E-state index is 12.7. The summed E-state index contributed by atoms with van der Waals surface area (Å²) in [5.41, 5.74) is 0.00782. The average molecular weight is 394 g/mol. The maximum Gasteiger partial charge on any atom is 0.332 e. The highest BCUT2D eigenvalue weighted by Crippen LogP contribution is 2.24. The van der Waals surface area contributed by atoms with E-state index in [0.717, 1.165) is 30.4 Å². The van der Waals surface area contributed by atoms with Crippen LogP contribution in [0.15, 0.2) is 14.7 Å². The van der Waals surface area contributed by atoms with Crippen LogP contribution in [0.5, 0.6) is 0 Å². The van der Waals surface area contributed by atoms with E-state index in [1.165, 1.54) is 29.8 Å². The van der Waals surface area contributed by atoms with Crippen LogP contribution in [0, 0.1) is 0 Å². The van der Waals surface area contributed by atoms with Gasteiger partial charge in [-0.2, -0.15) is 0 Å². The second kappa shape index (κ2) is 7.92. The van der Waals surface area contributed by atoms with Gasteiger partial charge in [-0.25, -0.2) is 9.78 Å². The van der Waals surface area contributed by atoms with Crippen LogP contribution in [0.1, 0.15) is 39.5 Å². The Balaban J connectivity index is 1.90. The van der Waals surface area contributed by atoms with Gasteiger partial charge in [0.05, 0.1) is 5.75 Å². The predicted octanol–water partition coefficient (Wildman–Crippen LogP) is 1.34. The summed E-state index contributed by atoms with van der Waals surface area (Å²) in [6, 6.07) is 0.324. The summed E-state index contributed by atoms with van der Waals surface area (Å²) >= 11 is 1.34. The minimum absolute atomic E-state index is 0.114. The van der Waals surface area contributed by atoms with E-state index in [-0.39, 0.29) is 17.2 Å². The molecule has 0 N–H and O–H groups in total. The number of hydrogen-bond acceptors (Lipinski definition) is 5. The highest BCUT2D eigenvalue weighted by molar-refractivity contribution is 7.99. The Hall–Kier alpha value is -2.03. The molecule has 1 saturated heterocycles. The van der Waals surface area contributed by atoms with Crippen LogP contribution in [0.25, 0.3) is 11.2 Å². The second-order valence-electron chi connectivity index (χ2n) is 6.95. The van der Waals surface area contributed by atoms with Crippen LogP contribution in [-0.4, -0.2) is 47.8 Å². The zero-order chi connectivity index (χ0) is 19.7. The smallest absolute Gasteiger partial charge is 0.332 e. The largest absolute Gasteiger partial charge is 0.339 e. The van der Waals surface area contributed by atoms with Crippen LogP contribution < -0.4 is 11.2 Å². The Kier molecular flexibility index (Phi) is 5.78. The number of fused-ring (bicyclic) bond motifs is 1. The summed E-state index contributed by atoms with van der Waals surface area (Å²) in [7, 11) is 3.07. The summed E-state index contributed by atoms with van der Waals surface area (Å²) in [5, 5.41) is 0.601. The number of imidazole rings is 1. The third kappa shape index (κ3) is 3.44. The van der Waals surface area contributed by atoms with Gasteiger partial charge in [-0.05, 0) is 32.6 Å². The summed E-state index contributed by atoms with van der Waals surface area (Å²) in [5.74, 6) is 0.400. The standard InChI is InChI=1S/C18H27N5O3S/c1-5-12-9-7-8-10-23(12)13(24)11-27-17-19-15-14(22(17)6-2)16(25)21(4)18(26)20(15)3/h12H,5-11H2,1-4H3/t12-/m1/s1. The van der Waals surface area contributed by atoms with E-state index in [2.05, 4.69) is 11.9 Å². The van der Waals surface area contributed by atoms with Crippen molar-refractivity contribution in [3.63, 3.8) is 0 Å². The molecule has 0 unspecified atom stereocenters. The molecule has 9 heteroatoms. The molecule has 1 aliphatic heterocycles. The summed E-state index contributed by atoms with van der Waals surface area (Å²) in [4.78, 5) is 44.0. The van der Waals surface area contributed by atoms with Crippen molar-refractivity contribution in [1.82, 2.24) is 23.6 Å². The topological polar surface area (TPSA) is 82.1 Å². The van der Waals surface area contributed by atoms with Gasteiger partial charge in [-0.3, -0.25) is 18.7 Å². The SMILES string of the molecule is CC[C@@H]1CCCCN1C(=O)CSc1nc2c(c(=O)n(C)c(=O)n2C)n1CC. The van der Waals surface area contributed by atoms with Crippen molar-refractivity contribution in [2.75, 3.05) is 12.3 Å². The summed E-state index contributed by atoms with van der Waals surface area (Å²) in [6.07, 6.45) is 4.28. The molecular formula is C18H27N5O3S. The van der Waals surface area contributed by atoms with Gasteiger partial charge in [0.1, 0.15) is 0 Å². The van der Waals surface area contributed by atoms with Crippen molar-refractivity contribution in [3.8, 4) is 0 Å². The Morgan fingerprint density at radius 1 is 1.19 bits per heavy atom. The van der Waals surface area contributed by atoms with E-state index in [0.29, 0.717) is 28.9 Å². The first-order valence-corrected chi connectivity index (χ1v) is 10.5. The molecule has 27 heavy (non-hydrogen) atoms. The van der Waals surface area contributed by atoms with E-state index in [4.69, 9.17) is 0 Å². The molecule has 1 fully saturated rings. The fraction of sp³-hybridized carbons (Fsp3) is 0.667. The lowest BCUT2D eigenvalue weighted by atomic mass is 10.0.